The van der Waals surface area contributed by atoms with Crippen molar-refractivity contribution in [1.29, 1.82) is 0 Å². The summed E-state index contributed by atoms with van der Waals surface area (Å²) in [6.07, 6.45) is 0.906. The van der Waals surface area contributed by atoms with Gasteiger partial charge in [0, 0.05) is 0 Å². The third kappa shape index (κ3) is 5.60. The number of carboxylic acid groups (broad SMARTS) is 1. The van der Waals surface area contributed by atoms with Crippen molar-refractivity contribution < 1.29 is 32.6 Å². The van der Waals surface area contributed by atoms with Crippen LogP contribution < -0.4 is 10.1 Å². The van der Waals surface area contributed by atoms with E-state index in [9.17, 15) is 22.8 Å². The van der Waals surface area contributed by atoms with Crippen LogP contribution >= 0.6 is 11.8 Å². The SMILES string of the molecule is O=C(O)CC1SC(=NN=Cc2ccc(OCc3ccc(F)c(F)c3)c(F)c2)NC1=O. The molecule has 1 aliphatic heterocycles. The molecule has 2 N–H and O–H groups in total. The van der Waals surface area contributed by atoms with Crippen molar-refractivity contribution in [2.24, 2.45) is 10.2 Å². The zero-order valence-corrected chi connectivity index (χ0v) is 16.0. The van der Waals surface area contributed by atoms with Crippen molar-refractivity contribution in [3.63, 3.8) is 0 Å². The molecule has 2 aromatic rings. The summed E-state index contributed by atoms with van der Waals surface area (Å²) < 4.78 is 45.6. The first-order valence-corrected chi connectivity index (χ1v) is 9.36. The fraction of sp³-hybridized carbons (Fsp3) is 0.158. The average molecular weight is 437 g/mol. The van der Waals surface area contributed by atoms with Gasteiger partial charge in [0.2, 0.25) is 5.91 Å². The van der Waals surface area contributed by atoms with Gasteiger partial charge in [0.25, 0.3) is 0 Å². The highest BCUT2D eigenvalue weighted by Gasteiger charge is 2.32. The molecule has 3 rings (SSSR count). The number of rotatable bonds is 7. The smallest absolute Gasteiger partial charge is 0.305 e. The molecule has 1 unspecified atom stereocenters. The van der Waals surface area contributed by atoms with Crippen molar-refractivity contribution in [3.8, 4) is 5.75 Å². The van der Waals surface area contributed by atoms with E-state index in [1.165, 1.54) is 24.4 Å². The van der Waals surface area contributed by atoms with E-state index in [0.717, 1.165) is 30.0 Å². The van der Waals surface area contributed by atoms with Crippen LogP contribution in [0, 0.1) is 17.5 Å². The molecule has 1 heterocycles. The van der Waals surface area contributed by atoms with Crippen LogP contribution in [0.5, 0.6) is 5.75 Å². The predicted octanol–water partition coefficient (Wildman–Crippen LogP) is 3.08. The van der Waals surface area contributed by atoms with Crippen LogP contribution in [0.1, 0.15) is 17.5 Å². The van der Waals surface area contributed by atoms with Gasteiger partial charge in [-0.25, -0.2) is 13.2 Å². The molecule has 0 saturated carbocycles. The minimum Gasteiger partial charge on any atom is -0.486 e. The molecule has 0 aliphatic carbocycles. The largest absolute Gasteiger partial charge is 0.486 e. The molecule has 0 radical (unpaired) electrons. The van der Waals surface area contributed by atoms with Gasteiger partial charge in [-0.1, -0.05) is 17.8 Å². The topological polar surface area (TPSA) is 100 Å². The summed E-state index contributed by atoms with van der Waals surface area (Å²) in [5.41, 5.74) is 0.695. The van der Waals surface area contributed by atoms with Crippen molar-refractivity contribution in [1.82, 2.24) is 5.32 Å². The molecule has 7 nitrogen and oxygen atoms in total. The van der Waals surface area contributed by atoms with Crippen molar-refractivity contribution in [2.75, 3.05) is 0 Å². The third-order valence-electron chi connectivity index (χ3n) is 3.83. The summed E-state index contributed by atoms with van der Waals surface area (Å²) in [5, 5.41) is 18.0. The zero-order valence-electron chi connectivity index (χ0n) is 15.1. The van der Waals surface area contributed by atoms with Gasteiger partial charge in [-0.15, -0.1) is 5.10 Å². The molecule has 156 valence electrons. The van der Waals surface area contributed by atoms with E-state index in [0.29, 0.717) is 11.1 Å². The van der Waals surface area contributed by atoms with Crippen LogP contribution in [0.25, 0.3) is 0 Å². The molecule has 0 spiro atoms. The number of carbonyl (C=O) groups is 2. The maximum absolute atomic E-state index is 14.2. The summed E-state index contributed by atoms with van der Waals surface area (Å²) in [7, 11) is 0. The van der Waals surface area contributed by atoms with Crippen LogP contribution in [-0.2, 0) is 16.2 Å². The number of benzene rings is 2. The fourth-order valence-electron chi connectivity index (χ4n) is 2.40. The van der Waals surface area contributed by atoms with Crippen LogP contribution in [-0.4, -0.2) is 33.6 Å². The highest BCUT2D eigenvalue weighted by Crippen LogP contribution is 2.23. The Morgan fingerprint density at radius 1 is 1.17 bits per heavy atom. The first kappa shape index (κ1) is 21.4. The van der Waals surface area contributed by atoms with Gasteiger partial charge in [-0.05, 0) is 41.5 Å². The number of thioether (sulfide) groups is 1. The molecular weight excluding hydrogens is 423 g/mol. The zero-order chi connectivity index (χ0) is 21.7. The minimum atomic E-state index is -1.10. The molecule has 2 aromatic carbocycles. The normalized spacial score (nSPS) is 17.5. The summed E-state index contributed by atoms with van der Waals surface area (Å²) in [5.74, 6) is -4.35. The first-order chi connectivity index (χ1) is 14.3. The molecule has 1 fully saturated rings. The molecule has 0 bridgehead atoms. The molecular formula is C19H14F3N3O4S. The van der Waals surface area contributed by atoms with Gasteiger partial charge < -0.3 is 15.2 Å². The highest BCUT2D eigenvalue weighted by atomic mass is 32.2. The Morgan fingerprint density at radius 3 is 2.67 bits per heavy atom. The Morgan fingerprint density at radius 2 is 1.97 bits per heavy atom. The van der Waals surface area contributed by atoms with E-state index in [-0.39, 0.29) is 23.9 Å². The second-order valence-electron chi connectivity index (χ2n) is 6.07. The van der Waals surface area contributed by atoms with E-state index in [1.54, 1.807) is 0 Å². The van der Waals surface area contributed by atoms with Gasteiger partial charge in [0.05, 0.1) is 12.6 Å². The number of hydrogen-bond acceptors (Lipinski definition) is 6. The predicted molar refractivity (Wildman–Crippen MR) is 104 cm³/mol. The lowest BCUT2D eigenvalue weighted by atomic mass is 10.2. The van der Waals surface area contributed by atoms with Crippen molar-refractivity contribution in [2.45, 2.75) is 18.3 Å². The molecule has 1 aliphatic rings. The monoisotopic (exact) mass is 437 g/mol. The summed E-state index contributed by atoms with van der Waals surface area (Å²) in [6.45, 7) is -0.149. The number of nitrogens with one attached hydrogen (secondary N) is 1. The number of ether oxygens (including phenoxy) is 1. The molecule has 1 saturated heterocycles. The van der Waals surface area contributed by atoms with E-state index < -0.39 is 34.6 Å². The minimum absolute atomic E-state index is 0.0849. The Balaban J connectivity index is 1.59. The number of carboxylic acids is 1. The molecule has 30 heavy (non-hydrogen) atoms. The summed E-state index contributed by atoms with van der Waals surface area (Å²) >= 11 is 0.945. The Labute approximate surface area is 172 Å². The molecule has 11 heteroatoms. The maximum atomic E-state index is 14.2. The number of amidine groups is 1. The molecule has 1 atom stereocenters. The molecule has 0 aromatic heterocycles. The summed E-state index contributed by atoms with van der Waals surface area (Å²) in [4.78, 5) is 22.3. The highest BCUT2D eigenvalue weighted by molar-refractivity contribution is 8.15. The van der Waals surface area contributed by atoms with Crippen LogP contribution in [0.4, 0.5) is 13.2 Å². The van der Waals surface area contributed by atoms with Gasteiger partial charge in [-0.2, -0.15) is 5.10 Å². The van der Waals surface area contributed by atoms with Gasteiger partial charge in [0.15, 0.2) is 28.4 Å². The van der Waals surface area contributed by atoms with E-state index in [2.05, 4.69) is 15.5 Å². The standard InChI is InChI=1S/C19H14F3N3O4S/c20-12-3-1-11(6-13(12)21)9-29-15-4-2-10(5-14(15)22)8-23-25-19-24-18(28)16(30-19)7-17(26)27/h1-6,8,16H,7,9H2,(H,26,27)(H,24,25,28). The van der Waals surface area contributed by atoms with Gasteiger partial charge >= 0.3 is 5.97 Å². The van der Waals surface area contributed by atoms with E-state index in [1.807, 2.05) is 0 Å². The number of aliphatic carboxylic acids is 1. The van der Waals surface area contributed by atoms with Gasteiger partial charge in [0.1, 0.15) is 11.9 Å². The molecule has 1 amide bonds. The average Bonchev–Trinajstić information content (AvgIpc) is 3.02. The van der Waals surface area contributed by atoms with Gasteiger partial charge in [-0.3, -0.25) is 9.59 Å². The van der Waals surface area contributed by atoms with Crippen LogP contribution in [0.3, 0.4) is 0 Å². The van der Waals surface area contributed by atoms with E-state index in [4.69, 9.17) is 9.84 Å². The maximum Gasteiger partial charge on any atom is 0.305 e. The number of halogens is 3. The number of hydrogen-bond donors (Lipinski definition) is 2. The quantitative estimate of drug-likeness (QED) is 0.512. The van der Waals surface area contributed by atoms with Crippen molar-refractivity contribution in [3.05, 3.63) is 65.0 Å². The second kappa shape index (κ2) is 9.44. The fourth-order valence-corrected chi connectivity index (χ4v) is 3.31. The van der Waals surface area contributed by atoms with Crippen LogP contribution in [0.2, 0.25) is 0 Å². The lowest BCUT2D eigenvalue weighted by Gasteiger charge is -2.08. The first-order valence-electron chi connectivity index (χ1n) is 8.48. The third-order valence-corrected chi connectivity index (χ3v) is 4.90. The second-order valence-corrected chi connectivity index (χ2v) is 7.26. The van der Waals surface area contributed by atoms with Crippen LogP contribution in [0.15, 0.2) is 46.6 Å². The Kier molecular flexibility index (Phi) is 6.72. The number of carbonyl (C=O) groups excluding carboxylic acids is 1. The van der Waals surface area contributed by atoms with Crippen molar-refractivity contribution >= 4 is 35.0 Å². The lowest BCUT2D eigenvalue weighted by molar-refractivity contribution is -0.138. The Bertz CT molecular complexity index is 1050. The summed E-state index contributed by atoms with van der Waals surface area (Å²) in [6, 6.07) is 7.24. The Hall–Kier alpha value is -3.34. The lowest BCUT2D eigenvalue weighted by Crippen LogP contribution is -2.26. The van der Waals surface area contributed by atoms with E-state index >= 15 is 0 Å². The number of nitrogens with zero attached hydrogens (tertiary/aromatic N) is 2. The number of amides is 1.